The predicted molar refractivity (Wildman–Crippen MR) is 116 cm³/mol. The number of nitrogens with zero attached hydrogens (tertiary/aromatic N) is 2. The molecule has 0 bridgehead atoms. The third kappa shape index (κ3) is 5.99. The summed E-state index contributed by atoms with van der Waals surface area (Å²) in [5.41, 5.74) is 6.39. The summed E-state index contributed by atoms with van der Waals surface area (Å²) in [6.45, 7) is 4.43. The smallest absolute Gasteiger partial charge is 0.312 e. The molecule has 160 valence electrons. The quantitative estimate of drug-likeness (QED) is 0.295. The molecule has 28 heavy (non-hydrogen) atoms. The lowest BCUT2D eigenvalue weighted by atomic mass is 9.86. The molecule has 0 aromatic rings. The SMILES string of the molecule is CCCCCC/C=C\C[C@H]1CCC2C(C(=O)OC)[C@@H](CCCCC)N=C(N)N21. The van der Waals surface area contributed by atoms with Crippen molar-refractivity contribution < 1.29 is 9.53 Å². The first-order valence-corrected chi connectivity index (χ1v) is 11.5. The highest BCUT2D eigenvalue weighted by molar-refractivity contribution is 5.84. The highest BCUT2D eigenvalue weighted by Gasteiger charge is 2.48. The van der Waals surface area contributed by atoms with Crippen LogP contribution in [0.2, 0.25) is 0 Å². The summed E-state index contributed by atoms with van der Waals surface area (Å²) in [7, 11) is 1.49. The molecule has 2 aliphatic rings. The maximum atomic E-state index is 12.6. The molecule has 5 heteroatoms. The van der Waals surface area contributed by atoms with Crippen LogP contribution in [-0.2, 0) is 9.53 Å². The van der Waals surface area contributed by atoms with Gasteiger partial charge in [-0.15, -0.1) is 0 Å². The number of hydrogen-bond donors (Lipinski definition) is 1. The number of unbranched alkanes of at least 4 members (excludes halogenated alkanes) is 6. The van der Waals surface area contributed by atoms with Crippen molar-refractivity contribution in [2.75, 3.05) is 7.11 Å². The minimum atomic E-state index is -0.183. The van der Waals surface area contributed by atoms with Gasteiger partial charge in [0.25, 0.3) is 0 Å². The van der Waals surface area contributed by atoms with Gasteiger partial charge in [-0.05, 0) is 38.5 Å². The van der Waals surface area contributed by atoms with Crippen LogP contribution < -0.4 is 5.73 Å². The molecule has 0 radical (unpaired) electrons. The minimum absolute atomic E-state index is 0.0342. The molecule has 2 rings (SSSR count). The lowest BCUT2D eigenvalue weighted by Gasteiger charge is -2.41. The third-order valence-corrected chi connectivity index (χ3v) is 6.31. The van der Waals surface area contributed by atoms with Gasteiger partial charge < -0.3 is 15.4 Å². The fraction of sp³-hybridized carbons (Fsp3) is 0.826. The zero-order chi connectivity index (χ0) is 20.4. The van der Waals surface area contributed by atoms with Crippen LogP contribution >= 0.6 is 0 Å². The van der Waals surface area contributed by atoms with E-state index < -0.39 is 0 Å². The minimum Gasteiger partial charge on any atom is -0.469 e. The van der Waals surface area contributed by atoms with E-state index in [9.17, 15) is 4.79 Å². The first kappa shape index (κ1) is 22.8. The Morgan fingerprint density at radius 2 is 1.89 bits per heavy atom. The van der Waals surface area contributed by atoms with Gasteiger partial charge in [0.2, 0.25) is 0 Å². The van der Waals surface area contributed by atoms with E-state index in [2.05, 4.69) is 30.9 Å². The van der Waals surface area contributed by atoms with E-state index in [-0.39, 0.29) is 24.0 Å². The highest BCUT2D eigenvalue weighted by atomic mass is 16.5. The van der Waals surface area contributed by atoms with Gasteiger partial charge in [-0.3, -0.25) is 4.79 Å². The molecule has 5 nitrogen and oxygen atoms in total. The van der Waals surface area contributed by atoms with Gasteiger partial charge in [0, 0.05) is 12.1 Å². The number of esters is 1. The molecule has 0 aliphatic carbocycles. The number of carbonyl (C=O) groups excluding carboxylic acids is 1. The second-order valence-corrected chi connectivity index (χ2v) is 8.36. The summed E-state index contributed by atoms with van der Waals surface area (Å²) in [6.07, 6.45) is 18.3. The van der Waals surface area contributed by atoms with Gasteiger partial charge in [0.15, 0.2) is 5.96 Å². The molecule has 0 aromatic heterocycles. The Bertz CT molecular complexity index is 532. The molecule has 0 amide bonds. The normalized spacial score (nSPS) is 27.1. The summed E-state index contributed by atoms with van der Waals surface area (Å²) >= 11 is 0. The van der Waals surface area contributed by atoms with E-state index >= 15 is 0 Å². The molecule has 1 fully saturated rings. The molecule has 2 unspecified atom stereocenters. The average Bonchev–Trinajstić information content (AvgIpc) is 3.11. The van der Waals surface area contributed by atoms with Crippen molar-refractivity contribution in [3.63, 3.8) is 0 Å². The Kier molecular flexibility index (Phi) is 9.86. The largest absolute Gasteiger partial charge is 0.469 e. The van der Waals surface area contributed by atoms with E-state index in [0.717, 1.165) is 44.9 Å². The summed E-state index contributed by atoms with van der Waals surface area (Å²) < 4.78 is 5.16. The molecule has 2 heterocycles. The van der Waals surface area contributed by atoms with E-state index in [1.807, 2.05) is 0 Å². The van der Waals surface area contributed by atoms with Crippen molar-refractivity contribution in [1.29, 1.82) is 0 Å². The Balaban J connectivity index is 1.99. The fourth-order valence-electron chi connectivity index (χ4n) is 4.78. The van der Waals surface area contributed by atoms with Gasteiger partial charge in [-0.1, -0.05) is 64.5 Å². The number of fused-ring (bicyclic) bond motifs is 1. The summed E-state index contributed by atoms with van der Waals surface area (Å²) in [6, 6.07) is 0.456. The number of methoxy groups -OCH3 is 1. The van der Waals surface area contributed by atoms with E-state index in [0.29, 0.717) is 12.0 Å². The van der Waals surface area contributed by atoms with Crippen molar-refractivity contribution in [2.24, 2.45) is 16.6 Å². The van der Waals surface area contributed by atoms with Crippen LogP contribution in [-0.4, -0.2) is 42.1 Å². The van der Waals surface area contributed by atoms with Crippen molar-refractivity contribution in [3.8, 4) is 0 Å². The van der Waals surface area contributed by atoms with Crippen molar-refractivity contribution >= 4 is 11.9 Å². The summed E-state index contributed by atoms with van der Waals surface area (Å²) in [5, 5.41) is 0. The number of guanidine groups is 1. The zero-order valence-electron chi connectivity index (χ0n) is 18.2. The standard InChI is InChI=1S/C23H41N3O2/c1-4-6-8-9-10-11-13-14-18-16-17-20-21(22(27)28-3)19(15-12-7-5-2)25-23(24)26(18)20/h11,13,18-21H,4-10,12,14-17H2,1-3H3,(H2,24,25)/b13-11-/t18-,19+,20?,21?/m0/s1. The molecular weight excluding hydrogens is 350 g/mol. The molecule has 0 spiro atoms. The maximum absolute atomic E-state index is 12.6. The first-order chi connectivity index (χ1) is 13.6. The number of ether oxygens (including phenoxy) is 1. The molecule has 2 N–H and O–H groups in total. The van der Waals surface area contributed by atoms with Gasteiger partial charge in [-0.25, -0.2) is 4.99 Å². The summed E-state index contributed by atoms with van der Waals surface area (Å²) in [5.74, 6) is 0.322. The molecular formula is C23H41N3O2. The van der Waals surface area contributed by atoms with Crippen molar-refractivity contribution in [2.45, 2.75) is 109 Å². The molecule has 4 atom stereocenters. The highest BCUT2D eigenvalue weighted by Crippen LogP contribution is 2.38. The lowest BCUT2D eigenvalue weighted by Crippen LogP contribution is -2.56. The van der Waals surface area contributed by atoms with Gasteiger partial charge in [-0.2, -0.15) is 0 Å². The van der Waals surface area contributed by atoms with Crippen LogP contribution in [0, 0.1) is 5.92 Å². The Labute approximate surface area is 171 Å². The van der Waals surface area contributed by atoms with E-state index in [1.165, 1.54) is 39.2 Å². The number of carbonyl (C=O) groups is 1. The zero-order valence-corrected chi connectivity index (χ0v) is 18.2. The fourth-order valence-corrected chi connectivity index (χ4v) is 4.78. The number of rotatable bonds is 12. The maximum Gasteiger partial charge on any atom is 0.312 e. The van der Waals surface area contributed by atoms with Crippen LogP contribution in [0.1, 0.15) is 90.9 Å². The van der Waals surface area contributed by atoms with Crippen LogP contribution in [0.3, 0.4) is 0 Å². The van der Waals surface area contributed by atoms with Gasteiger partial charge in [0.05, 0.1) is 19.1 Å². The molecule has 1 saturated heterocycles. The summed E-state index contributed by atoms with van der Waals surface area (Å²) in [4.78, 5) is 19.6. The van der Waals surface area contributed by atoms with E-state index in [1.54, 1.807) is 0 Å². The van der Waals surface area contributed by atoms with Crippen LogP contribution in [0.4, 0.5) is 0 Å². The molecule has 0 aromatic carbocycles. The van der Waals surface area contributed by atoms with Crippen molar-refractivity contribution in [1.82, 2.24) is 4.90 Å². The second kappa shape index (κ2) is 12.1. The second-order valence-electron chi connectivity index (χ2n) is 8.36. The van der Waals surface area contributed by atoms with E-state index in [4.69, 9.17) is 15.5 Å². The number of allylic oxidation sites excluding steroid dienone is 1. The number of hydrogen-bond acceptors (Lipinski definition) is 5. The predicted octanol–water partition coefficient (Wildman–Crippen LogP) is 4.80. The Hall–Kier alpha value is -1.52. The molecule has 2 aliphatic heterocycles. The molecule has 0 saturated carbocycles. The Morgan fingerprint density at radius 3 is 2.61 bits per heavy atom. The van der Waals surface area contributed by atoms with Crippen LogP contribution in [0.5, 0.6) is 0 Å². The van der Waals surface area contributed by atoms with Crippen molar-refractivity contribution in [3.05, 3.63) is 12.2 Å². The van der Waals surface area contributed by atoms with Gasteiger partial charge >= 0.3 is 5.97 Å². The first-order valence-electron chi connectivity index (χ1n) is 11.5. The number of aliphatic imine (C=N–C) groups is 1. The topological polar surface area (TPSA) is 67.9 Å². The average molecular weight is 392 g/mol. The third-order valence-electron chi connectivity index (χ3n) is 6.31. The van der Waals surface area contributed by atoms with Gasteiger partial charge in [0.1, 0.15) is 0 Å². The monoisotopic (exact) mass is 391 g/mol. The van der Waals surface area contributed by atoms with Crippen LogP contribution in [0.25, 0.3) is 0 Å². The number of nitrogens with two attached hydrogens (primary N) is 1. The lowest BCUT2D eigenvalue weighted by molar-refractivity contribution is -0.148. The van der Waals surface area contributed by atoms with Crippen LogP contribution in [0.15, 0.2) is 17.1 Å². The Morgan fingerprint density at radius 1 is 1.14 bits per heavy atom.